The summed E-state index contributed by atoms with van der Waals surface area (Å²) in [7, 11) is 2.87. The maximum atomic E-state index is 14.2. The number of hydrogen-bond acceptors (Lipinski definition) is 7. The minimum Gasteiger partial charge on any atom is -0.480 e. The molecule has 10 nitrogen and oxygen atoms in total. The van der Waals surface area contributed by atoms with Gasteiger partial charge in [-0.25, -0.2) is 9.97 Å². The summed E-state index contributed by atoms with van der Waals surface area (Å²) < 4.78 is 36.4. The molecular weight excluding hydrogens is 531 g/mol. The third-order valence-corrected chi connectivity index (χ3v) is 6.62. The van der Waals surface area contributed by atoms with Crippen LogP contribution in [0.4, 0.5) is 5.69 Å². The lowest BCUT2D eigenvalue weighted by molar-refractivity contribution is 0.0989. The number of methoxy groups -OCH3 is 2. The first kappa shape index (κ1) is 22.1. The predicted molar refractivity (Wildman–Crippen MR) is 144 cm³/mol. The Hall–Kier alpha value is -3.89. The van der Waals surface area contributed by atoms with E-state index in [0.717, 1.165) is 6.20 Å². The Morgan fingerprint density at radius 2 is 1.79 bits per heavy atom. The van der Waals surface area contributed by atoms with Gasteiger partial charge in [0, 0.05) is 34.5 Å². The number of carbonyl (C=O) groups excluding carboxylic acids is 1. The third kappa shape index (κ3) is 4.10. The Balaban J connectivity index is 1.81. The lowest BCUT2D eigenvalue weighted by Gasteiger charge is -2.28. The van der Waals surface area contributed by atoms with E-state index in [0.29, 0.717) is 32.2 Å². The largest absolute Gasteiger partial charge is 0.480 e. The number of hydrogen-bond donors (Lipinski definition) is 0. The molecule has 4 aromatic rings. The number of ether oxygens (including phenoxy) is 2. The van der Waals surface area contributed by atoms with Crippen LogP contribution in [0.15, 0.2) is 47.5 Å². The van der Waals surface area contributed by atoms with E-state index in [-0.39, 0.29) is 34.3 Å². The highest BCUT2D eigenvalue weighted by Crippen LogP contribution is 2.45. The number of benzene rings is 1. The summed E-state index contributed by atoms with van der Waals surface area (Å²) in [6, 6.07) is 7.01. The van der Waals surface area contributed by atoms with Gasteiger partial charge in [-0.15, -0.1) is 0 Å². The SMILES string of the molecule is [2H]C([2H])([2H])n1cc(Cl)cc(N2C(=O)c3nc(-c4cnc(OC)nc4OC)n(C(C)C)c3C2c2ccc(Cl)cc2)c1=O. The first-order chi connectivity index (χ1) is 19.4. The minimum absolute atomic E-state index is 0.0320. The average Bonchev–Trinajstić information content (AvgIpc) is 3.44. The van der Waals surface area contributed by atoms with Gasteiger partial charge in [0.25, 0.3) is 11.5 Å². The summed E-state index contributed by atoms with van der Waals surface area (Å²) in [5.41, 5.74) is 0.435. The summed E-state index contributed by atoms with van der Waals surface area (Å²) in [6.45, 7) is 0.996. The van der Waals surface area contributed by atoms with Gasteiger partial charge in [-0.05, 0) is 37.6 Å². The van der Waals surface area contributed by atoms with Gasteiger partial charge in [-0.3, -0.25) is 14.5 Å². The van der Waals surface area contributed by atoms with Crippen molar-refractivity contribution in [1.82, 2.24) is 24.1 Å². The van der Waals surface area contributed by atoms with Crippen molar-refractivity contribution in [3.8, 4) is 23.3 Å². The van der Waals surface area contributed by atoms with Crippen LogP contribution in [-0.2, 0) is 6.98 Å². The minimum atomic E-state index is -2.83. The first-order valence-corrected chi connectivity index (χ1v) is 12.2. The van der Waals surface area contributed by atoms with E-state index in [9.17, 15) is 9.59 Å². The van der Waals surface area contributed by atoms with Crippen LogP contribution < -0.4 is 19.9 Å². The molecule has 12 heteroatoms. The van der Waals surface area contributed by atoms with Crippen molar-refractivity contribution in [2.24, 2.45) is 6.98 Å². The number of halogens is 2. The van der Waals surface area contributed by atoms with Gasteiger partial charge in [-0.2, -0.15) is 4.98 Å². The van der Waals surface area contributed by atoms with Crippen molar-refractivity contribution in [2.45, 2.75) is 25.9 Å². The van der Waals surface area contributed by atoms with Crippen molar-refractivity contribution in [3.05, 3.63) is 80.1 Å². The summed E-state index contributed by atoms with van der Waals surface area (Å²) in [6.07, 6.45) is 2.51. The molecule has 0 fully saturated rings. The average molecular weight is 558 g/mol. The molecule has 4 heterocycles. The Labute approximate surface area is 232 Å². The zero-order valence-corrected chi connectivity index (χ0v) is 22.3. The van der Waals surface area contributed by atoms with Crippen LogP contribution in [0.5, 0.6) is 11.9 Å². The molecule has 5 rings (SSSR count). The highest BCUT2D eigenvalue weighted by atomic mass is 35.5. The quantitative estimate of drug-likeness (QED) is 0.338. The number of aryl methyl sites for hydroxylation is 1. The zero-order valence-electron chi connectivity index (χ0n) is 23.8. The van der Waals surface area contributed by atoms with E-state index < -0.39 is 24.5 Å². The molecule has 1 aliphatic heterocycles. The number of aromatic nitrogens is 5. The molecule has 3 aromatic heterocycles. The number of anilines is 1. The molecule has 0 N–H and O–H groups in total. The van der Waals surface area contributed by atoms with Crippen LogP contribution in [-0.4, -0.2) is 44.2 Å². The molecule has 0 saturated heterocycles. The molecule has 0 radical (unpaired) electrons. The molecule has 0 aliphatic carbocycles. The van der Waals surface area contributed by atoms with Crippen molar-refractivity contribution < 1.29 is 18.4 Å². The smallest absolute Gasteiger partial charge is 0.319 e. The molecule has 1 aromatic carbocycles. The molecule has 0 spiro atoms. The molecule has 1 aliphatic rings. The van der Waals surface area contributed by atoms with Crippen LogP contribution in [0, 0.1) is 0 Å². The van der Waals surface area contributed by atoms with Gasteiger partial charge >= 0.3 is 6.01 Å². The second-order valence-electron chi connectivity index (χ2n) is 8.76. The van der Waals surface area contributed by atoms with Gasteiger partial charge in [0.2, 0.25) is 5.88 Å². The third-order valence-electron chi connectivity index (χ3n) is 6.16. The number of amides is 1. The summed E-state index contributed by atoms with van der Waals surface area (Å²) in [4.78, 5) is 42.1. The van der Waals surface area contributed by atoms with Crippen molar-refractivity contribution in [2.75, 3.05) is 19.1 Å². The van der Waals surface area contributed by atoms with Crippen LogP contribution in [0.25, 0.3) is 11.4 Å². The molecule has 0 saturated carbocycles. The van der Waals surface area contributed by atoms with Crippen molar-refractivity contribution in [3.63, 3.8) is 0 Å². The normalized spacial score (nSPS) is 16.3. The summed E-state index contributed by atoms with van der Waals surface area (Å²) in [5.74, 6) is -0.0712. The molecular formula is C26H24Cl2N6O4. The molecule has 0 bridgehead atoms. The Morgan fingerprint density at radius 3 is 2.42 bits per heavy atom. The van der Waals surface area contributed by atoms with Gasteiger partial charge in [-0.1, -0.05) is 35.3 Å². The molecule has 1 unspecified atom stereocenters. The van der Waals surface area contributed by atoms with E-state index in [4.69, 9.17) is 41.8 Å². The molecule has 38 heavy (non-hydrogen) atoms. The number of pyridine rings is 1. The van der Waals surface area contributed by atoms with E-state index in [1.54, 1.807) is 24.3 Å². The standard InChI is InChI=1S/C26H24Cl2N6O4/c1-13(2)33-21-19(30-22(33)17-11-29-26(38-5)31-23(17)37-4)25(36)34(18-10-16(28)12-32(3)24(18)35)20(21)14-6-8-15(27)9-7-14/h6-13,20H,1-5H3/i3D3. The Bertz CT molecular complexity index is 1720. The maximum Gasteiger partial charge on any atom is 0.319 e. The van der Waals surface area contributed by atoms with Gasteiger partial charge in [0.05, 0.1) is 30.5 Å². The number of rotatable bonds is 6. The number of imidazole rings is 1. The maximum absolute atomic E-state index is 14.2. The van der Waals surface area contributed by atoms with E-state index in [2.05, 4.69) is 9.97 Å². The molecule has 1 amide bonds. The highest BCUT2D eigenvalue weighted by molar-refractivity contribution is 6.31. The first-order valence-electron chi connectivity index (χ1n) is 13.0. The number of carbonyl (C=O) groups is 1. The number of fused-ring (bicyclic) bond motifs is 1. The fourth-order valence-electron chi connectivity index (χ4n) is 4.60. The Morgan fingerprint density at radius 1 is 1.05 bits per heavy atom. The monoisotopic (exact) mass is 557 g/mol. The van der Waals surface area contributed by atoms with E-state index >= 15 is 0 Å². The van der Waals surface area contributed by atoms with Crippen LogP contribution in [0.3, 0.4) is 0 Å². The van der Waals surface area contributed by atoms with Gasteiger partial charge < -0.3 is 18.6 Å². The fraction of sp³-hybridized carbons (Fsp3) is 0.269. The van der Waals surface area contributed by atoms with Crippen LogP contribution >= 0.6 is 23.2 Å². The second-order valence-corrected chi connectivity index (χ2v) is 9.63. The van der Waals surface area contributed by atoms with Crippen molar-refractivity contribution >= 4 is 34.8 Å². The lowest BCUT2D eigenvalue weighted by Crippen LogP contribution is -2.36. The van der Waals surface area contributed by atoms with E-state index in [1.165, 1.54) is 31.4 Å². The van der Waals surface area contributed by atoms with Crippen molar-refractivity contribution in [1.29, 1.82) is 0 Å². The van der Waals surface area contributed by atoms with Crippen LogP contribution in [0.1, 0.15) is 51.8 Å². The van der Waals surface area contributed by atoms with Gasteiger partial charge in [0.1, 0.15) is 17.6 Å². The highest BCUT2D eigenvalue weighted by Gasteiger charge is 2.46. The summed E-state index contributed by atoms with van der Waals surface area (Å²) >= 11 is 12.4. The predicted octanol–water partition coefficient (Wildman–Crippen LogP) is 4.69. The van der Waals surface area contributed by atoms with Gasteiger partial charge in [0.15, 0.2) is 5.69 Å². The lowest BCUT2D eigenvalue weighted by atomic mass is 10.0. The fourth-order valence-corrected chi connectivity index (χ4v) is 4.92. The molecule has 196 valence electrons. The Kier molecular flexibility index (Phi) is 5.69. The topological polar surface area (TPSA) is 104 Å². The number of nitrogens with zero attached hydrogens (tertiary/aromatic N) is 6. The second kappa shape index (κ2) is 9.77. The van der Waals surface area contributed by atoms with Crippen LogP contribution in [0.2, 0.25) is 10.0 Å². The summed E-state index contributed by atoms with van der Waals surface area (Å²) in [5, 5.41) is 0.436. The molecule has 1 atom stereocenters. The zero-order chi connectivity index (χ0) is 29.8. The van der Waals surface area contributed by atoms with E-state index in [1.807, 2.05) is 18.4 Å².